The lowest BCUT2D eigenvalue weighted by Crippen LogP contribution is -1.98. The maximum absolute atomic E-state index is 5.15. The molecule has 8 aromatic rings. The van der Waals surface area contributed by atoms with Crippen LogP contribution in [-0.2, 0) is 6.42 Å². The molecule has 190 valence electrons. The molecule has 0 spiro atoms. The molecule has 0 aliphatic carbocycles. The van der Waals surface area contributed by atoms with Crippen molar-refractivity contribution < 1.29 is 0 Å². The van der Waals surface area contributed by atoms with Crippen molar-refractivity contribution in [1.82, 2.24) is 14.1 Å². The van der Waals surface area contributed by atoms with Gasteiger partial charge in [-0.15, -0.1) is 0 Å². The van der Waals surface area contributed by atoms with E-state index in [0.717, 1.165) is 34.5 Å². The van der Waals surface area contributed by atoms with Crippen LogP contribution in [0.15, 0.2) is 133 Å². The molecule has 0 unspecified atom stereocenters. The Balaban J connectivity index is 1.47. The van der Waals surface area contributed by atoms with Crippen molar-refractivity contribution in [2.45, 2.75) is 13.3 Å². The summed E-state index contributed by atoms with van der Waals surface area (Å²) in [4.78, 5) is 5.15. The number of benzene rings is 5. The Morgan fingerprint density at radius 2 is 1.10 bits per heavy atom. The molecule has 5 aromatic carbocycles. The summed E-state index contributed by atoms with van der Waals surface area (Å²) in [5.74, 6) is 0.922. The van der Waals surface area contributed by atoms with Crippen LogP contribution in [0.5, 0.6) is 0 Å². The maximum Gasteiger partial charge on any atom is 0.138 e. The van der Waals surface area contributed by atoms with Gasteiger partial charge in [0.1, 0.15) is 5.82 Å². The van der Waals surface area contributed by atoms with E-state index >= 15 is 0 Å². The molecular formula is C37H27N3. The van der Waals surface area contributed by atoms with Gasteiger partial charge in [-0.25, -0.2) is 4.98 Å². The predicted molar refractivity (Wildman–Crippen MR) is 168 cm³/mol. The second kappa shape index (κ2) is 8.96. The molecule has 3 heteroatoms. The molecular weight excluding hydrogens is 486 g/mol. The molecule has 0 amide bonds. The topological polar surface area (TPSA) is 22.8 Å². The third-order valence-electron chi connectivity index (χ3n) is 8.11. The molecule has 0 bridgehead atoms. The highest BCUT2D eigenvalue weighted by Gasteiger charge is 2.20. The number of aromatic nitrogens is 3. The Morgan fingerprint density at radius 3 is 1.77 bits per heavy atom. The van der Waals surface area contributed by atoms with Crippen molar-refractivity contribution >= 4 is 43.6 Å². The lowest BCUT2D eigenvalue weighted by Gasteiger charge is -2.10. The second-order valence-corrected chi connectivity index (χ2v) is 10.3. The lowest BCUT2D eigenvalue weighted by atomic mass is 10.1. The molecule has 0 radical (unpaired) electrons. The largest absolute Gasteiger partial charge is 0.309 e. The molecule has 0 aliphatic rings. The van der Waals surface area contributed by atoms with Crippen molar-refractivity contribution in [3.63, 3.8) is 0 Å². The van der Waals surface area contributed by atoms with Crippen LogP contribution < -0.4 is 0 Å². The zero-order valence-electron chi connectivity index (χ0n) is 22.3. The third kappa shape index (κ3) is 3.34. The van der Waals surface area contributed by atoms with Gasteiger partial charge in [0.2, 0.25) is 0 Å². The quantitative estimate of drug-likeness (QED) is 0.230. The van der Waals surface area contributed by atoms with E-state index in [2.05, 4.69) is 143 Å². The molecule has 3 aromatic heterocycles. The molecule has 0 atom stereocenters. The summed E-state index contributed by atoms with van der Waals surface area (Å²) in [6.45, 7) is 2.20. The summed E-state index contributed by atoms with van der Waals surface area (Å²) in [5.41, 5.74) is 9.37. The van der Waals surface area contributed by atoms with E-state index in [1.807, 2.05) is 6.07 Å². The van der Waals surface area contributed by atoms with Crippen LogP contribution in [0.1, 0.15) is 12.5 Å². The van der Waals surface area contributed by atoms with Crippen molar-refractivity contribution in [1.29, 1.82) is 0 Å². The van der Waals surface area contributed by atoms with Crippen molar-refractivity contribution in [3.05, 3.63) is 139 Å². The van der Waals surface area contributed by atoms with Crippen LogP contribution in [-0.4, -0.2) is 14.1 Å². The number of nitrogens with zero attached hydrogens (tertiary/aromatic N) is 3. The van der Waals surface area contributed by atoms with Crippen LogP contribution in [0.2, 0.25) is 0 Å². The summed E-state index contributed by atoms with van der Waals surface area (Å²) in [6, 6.07) is 47.7. The smallest absolute Gasteiger partial charge is 0.138 e. The Kier molecular flexibility index (Phi) is 5.11. The average molecular weight is 514 g/mol. The Labute approximate surface area is 232 Å². The Morgan fingerprint density at radius 1 is 0.500 bits per heavy atom. The van der Waals surface area contributed by atoms with E-state index in [1.54, 1.807) is 0 Å². The maximum atomic E-state index is 5.15. The minimum Gasteiger partial charge on any atom is -0.309 e. The minimum absolute atomic E-state index is 0.922. The summed E-state index contributed by atoms with van der Waals surface area (Å²) in [6.07, 6.45) is 1.03. The van der Waals surface area contributed by atoms with Crippen LogP contribution in [0.25, 0.3) is 66.4 Å². The number of hydrogen-bond acceptors (Lipinski definition) is 1. The molecule has 3 heterocycles. The molecule has 0 saturated heterocycles. The van der Waals surface area contributed by atoms with E-state index in [0.29, 0.717) is 0 Å². The van der Waals surface area contributed by atoms with E-state index in [-0.39, 0.29) is 0 Å². The van der Waals surface area contributed by atoms with Gasteiger partial charge in [0.25, 0.3) is 0 Å². The number of hydrogen-bond donors (Lipinski definition) is 0. The molecule has 8 rings (SSSR count). The van der Waals surface area contributed by atoms with E-state index in [4.69, 9.17) is 4.98 Å². The fourth-order valence-corrected chi connectivity index (χ4v) is 6.24. The first-order valence-electron chi connectivity index (χ1n) is 13.9. The van der Waals surface area contributed by atoms with Gasteiger partial charge in [0.15, 0.2) is 0 Å². The number of pyridine rings is 1. The van der Waals surface area contributed by atoms with Gasteiger partial charge < -0.3 is 4.57 Å². The summed E-state index contributed by atoms with van der Waals surface area (Å²) in [5, 5.41) is 5.04. The highest BCUT2D eigenvalue weighted by molar-refractivity contribution is 6.28. The van der Waals surface area contributed by atoms with Gasteiger partial charge in [0.05, 0.1) is 27.8 Å². The normalized spacial score (nSPS) is 11.7. The van der Waals surface area contributed by atoms with Gasteiger partial charge in [-0.1, -0.05) is 91.9 Å². The summed E-state index contributed by atoms with van der Waals surface area (Å²) < 4.78 is 4.72. The molecule has 0 fully saturated rings. The van der Waals surface area contributed by atoms with E-state index in [1.165, 1.54) is 43.8 Å². The third-order valence-corrected chi connectivity index (χ3v) is 8.11. The number of aryl methyl sites for hydroxylation is 1. The fraction of sp³-hybridized carbons (Fsp3) is 0.0541. The molecule has 0 saturated carbocycles. The summed E-state index contributed by atoms with van der Waals surface area (Å²) >= 11 is 0. The summed E-state index contributed by atoms with van der Waals surface area (Å²) in [7, 11) is 0. The number of rotatable bonds is 4. The van der Waals surface area contributed by atoms with Gasteiger partial charge in [-0.05, 0) is 60.5 Å². The SMILES string of the molecule is CCc1ccc(-n2c3ccccc3c3c4c5ccccc5n(-c5cccc(-c6ccccc6)n5)c4ccc32)cc1. The van der Waals surface area contributed by atoms with Crippen LogP contribution in [0, 0.1) is 0 Å². The first-order valence-corrected chi connectivity index (χ1v) is 13.9. The van der Waals surface area contributed by atoms with Gasteiger partial charge >= 0.3 is 0 Å². The van der Waals surface area contributed by atoms with Crippen LogP contribution in [0.4, 0.5) is 0 Å². The monoisotopic (exact) mass is 513 g/mol. The van der Waals surface area contributed by atoms with E-state index < -0.39 is 0 Å². The Hall–Kier alpha value is -5.15. The first kappa shape index (κ1) is 22.8. The standard InChI is InChI=1S/C37H27N3/c1-2-25-19-21-27(22-20-25)39-31-16-8-6-13-28(31)36-33(39)23-24-34-37(36)29-14-7-9-17-32(29)40(34)35-18-10-15-30(38-35)26-11-4-3-5-12-26/h3-24H,2H2,1H3. The van der Waals surface area contributed by atoms with Crippen LogP contribution in [0.3, 0.4) is 0 Å². The molecule has 0 aliphatic heterocycles. The first-order chi connectivity index (χ1) is 19.8. The van der Waals surface area contributed by atoms with E-state index in [9.17, 15) is 0 Å². The zero-order chi connectivity index (χ0) is 26.6. The lowest BCUT2D eigenvalue weighted by molar-refractivity contribution is 1.08. The highest BCUT2D eigenvalue weighted by Crippen LogP contribution is 2.42. The molecule has 0 N–H and O–H groups in total. The van der Waals surface area contributed by atoms with Crippen molar-refractivity contribution in [2.24, 2.45) is 0 Å². The zero-order valence-corrected chi connectivity index (χ0v) is 22.3. The van der Waals surface area contributed by atoms with Gasteiger partial charge in [0, 0.05) is 32.8 Å². The Bertz CT molecular complexity index is 2180. The molecule has 3 nitrogen and oxygen atoms in total. The molecule has 40 heavy (non-hydrogen) atoms. The second-order valence-electron chi connectivity index (χ2n) is 10.3. The minimum atomic E-state index is 0.922. The van der Waals surface area contributed by atoms with Gasteiger partial charge in [-0.2, -0.15) is 0 Å². The average Bonchev–Trinajstić information content (AvgIpc) is 3.54. The number of fused-ring (bicyclic) bond motifs is 7. The van der Waals surface area contributed by atoms with Crippen molar-refractivity contribution in [2.75, 3.05) is 0 Å². The highest BCUT2D eigenvalue weighted by atomic mass is 15.1. The fourth-order valence-electron chi connectivity index (χ4n) is 6.24. The van der Waals surface area contributed by atoms with Crippen molar-refractivity contribution in [3.8, 4) is 22.8 Å². The number of para-hydroxylation sites is 2. The predicted octanol–water partition coefficient (Wildman–Crippen LogP) is 9.51. The van der Waals surface area contributed by atoms with Gasteiger partial charge in [-0.3, -0.25) is 4.57 Å². The van der Waals surface area contributed by atoms with Crippen LogP contribution >= 0.6 is 0 Å².